The number of rotatable bonds is 2. The summed E-state index contributed by atoms with van der Waals surface area (Å²) in [6, 6.07) is 0. The molecule has 0 radical (unpaired) electrons. The molecule has 11 heavy (non-hydrogen) atoms. The maximum atomic E-state index is 2.33. The van der Waals surface area contributed by atoms with E-state index >= 15 is 0 Å². The molecule has 0 bridgehead atoms. The maximum Gasteiger partial charge on any atom is 0.0786 e. The lowest BCUT2D eigenvalue weighted by Crippen LogP contribution is -2.50. The van der Waals surface area contributed by atoms with Crippen molar-refractivity contribution in [2.24, 2.45) is 0 Å². The van der Waals surface area contributed by atoms with Crippen LogP contribution in [0.5, 0.6) is 0 Å². The summed E-state index contributed by atoms with van der Waals surface area (Å²) in [7, 11) is 0. The standard InChI is InChI=1S/C9H20N.H2O/c1-3-10(4-2)8-6-5-7-9-10;/h3-9H2,1-2H3;1H2/q+1;/p-1. The van der Waals surface area contributed by atoms with E-state index in [4.69, 9.17) is 0 Å². The molecule has 1 aliphatic heterocycles. The van der Waals surface area contributed by atoms with Gasteiger partial charge in [-0.05, 0) is 33.1 Å². The number of piperidine rings is 1. The Kier molecular flexibility index (Phi) is 4.69. The zero-order valence-corrected chi connectivity index (χ0v) is 7.84. The molecule has 1 saturated heterocycles. The fraction of sp³-hybridized carbons (Fsp3) is 1.00. The molecule has 2 heteroatoms. The predicted molar refractivity (Wildman–Crippen MR) is 46.9 cm³/mol. The second-order valence-electron chi connectivity index (χ2n) is 3.48. The normalized spacial score (nSPS) is 22.4. The van der Waals surface area contributed by atoms with Gasteiger partial charge in [-0.15, -0.1) is 0 Å². The van der Waals surface area contributed by atoms with E-state index in [2.05, 4.69) is 13.8 Å². The van der Waals surface area contributed by atoms with E-state index in [1.807, 2.05) is 0 Å². The minimum absolute atomic E-state index is 0. The van der Waals surface area contributed by atoms with E-state index in [-0.39, 0.29) is 5.48 Å². The van der Waals surface area contributed by atoms with Gasteiger partial charge in [0.25, 0.3) is 0 Å². The van der Waals surface area contributed by atoms with Gasteiger partial charge in [-0.1, -0.05) is 0 Å². The third-order valence-corrected chi connectivity index (χ3v) is 3.11. The zero-order chi connectivity index (χ0) is 7.45. The highest BCUT2D eigenvalue weighted by molar-refractivity contribution is 4.51. The van der Waals surface area contributed by atoms with E-state index in [0.717, 1.165) is 0 Å². The SMILES string of the molecule is CC[N+]1(CC)CCCCC1.[OH-]. The van der Waals surface area contributed by atoms with Gasteiger partial charge >= 0.3 is 0 Å². The summed E-state index contributed by atoms with van der Waals surface area (Å²) in [6.07, 6.45) is 4.39. The van der Waals surface area contributed by atoms with Crippen LogP contribution in [-0.2, 0) is 0 Å². The number of quaternary nitrogens is 1. The van der Waals surface area contributed by atoms with Crippen LogP contribution in [0.3, 0.4) is 0 Å². The Bertz CT molecular complexity index is 91.7. The molecule has 68 valence electrons. The molecular formula is C9H21NO. The van der Waals surface area contributed by atoms with E-state index in [9.17, 15) is 0 Å². The topological polar surface area (TPSA) is 30.0 Å². The third-order valence-electron chi connectivity index (χ3n) is 3.11. The van der Waals surface area contributed by atoms with E-state index < -0.39 is 0 Å². The Morgan fingerprint density at radius 3 is 1.64 bits per heavy atom. The van der Waals surface area contributed by atoms with Gasteiger partial charge in [0.1, 0.15) is 0 Å². The lowest BCUT2D eigenvalue weighted by molar-refractivity contribution is -0.929. The molecular weight excluding hydrogens is 138 g/mol. The molecule has 2 nitrogen and oxygen atoms in total. The number of nitrogens with zero attached hydrogens (tertiary/aromatic N) is 1. The molecule has 1 heterocycles. The first-order valence-electron chi connectivity index (χ1n) is 4.68. The summed E-state index contributed by atoms with van der Waals surface area (Å²) in [5.41, 5.74) is 0. The summed E-state index contributed by atoms with van der Waals surface area (Å²) in [4.78, 5) is 0. The minimum atomic E-state index is 0. The van der Waals surface area contributed by atoms with E-state index in [0.29, 0.717) is 0 Å². The summed E-state index contributed by atoms with van der Waals surface area (Å²) in [6.45, 7) is 10.2. The van der Waals surface area contributed by atoms with Crippen molar-refractivity contribution in [3.63, 3.8) is 0 Å². The monoisotopic (exact) mass is 159 g/mol. The largest absolute Gasteiger partial charge is 0.870 e. The summed E-state index contributed by atoms with van der Waals surface area (Å²) < 4.78 is 1.39. The lowest BCUT2D eigenvalue weighted by Gasteiger charge is -2.39. The summed E-state index contributed by atoms with van der Waals surface area (Å²) in [5, 5.41) is 0. The molecule has 0 aromatic rings. The molecule has 1 fully saturated rings. The van der Waals surface area contributed by atoms with Crippen molar-refractivity contribution in [2.45, 2.75) is 33.1 Å². The lowest BCUT2D eigenvalue weighted by atomic mass is 10.1. The Balaban J connectivity index is 0.000001000. The Labute approximate surface area is 70.1 Å². The Morgan fingerprint density at radius 1 is 0.909 bits per heavy atom. The highest BCUT2D eigenvalue weighted by atomic mass is 16.0. The molecule has 0 spiro atoms. The average molecular weight is 159 g/mol. The van der Waals surface area contributed by atoms with E-state index in [1.54, 1.807) is 0 Å². The van der Waals surface area contributed by atoms with Crippen molar-refractivity contribution in [1.82, 2.24) is 0 Å². The summed E-state index contributed by atoms with van der Waals surface area (Å²) in [5.74, 6) is 0. The van der Waals surface area contributed by atoms with Crippen LogP contribution in [0.15, 0.2) is 0 Å². The van der Waals surface area contributed by atoms with Gasteiger partial charge < -0.3 is 9.96 Å². The van der Waals surface area contributed by atoms with Crippen LogP contribution in [0.2, 0.25) is 0 Å². The second kappa shape index (κ2) is 4.73. The van der Waals surface area contributed by atoms with Gasteiger partial charge in [-0.25, -0.2) is 0 Å². The molecule has 0 amide bonds. The van der Waals surface area contributed by atoms with Crippen LogP contribution in [0.4, 0.5) is 0 Å². The molecule has 1 N–H and O–H groups in total. The molecule has 0 atom stereocenters. The maximum absolute atomic E-state index is 2.33. The second-order valence-corrected chi connectivity index (χ2v) is 3.48. The van der Waals surface area contributed by atoms with Gasteiger partial charge in [0.05, 0.1) is 26.2 Å². The van der Waals surface area contributed by atoms with Gasteiger partial charge in [-0.3, -0.25) is 0 Å². The molecule has 0 unspecified atom stereocenters. The molecule has 0 aromatic heterocycles. The van der Waals surface area contributed by atoms with Crippen LogP contribution >= 0.6 is 0 Å². The average Bonchev–Trinajstić information content (AvgIpc) is 2.06. The Morgan fingerprint density at radius 2 is 1.36 bits per heavy atom. The van der Waals surface area contributed by atoms with Crippen molar-refractivity contribution in [3.05, 3.63) is 0 Å². The van der Waals surface area contributed by atoms with Gasteiger partial charge in [0, 0.05) is 0 Å². The first kappa shape index (κ1) is 10.9. The van der Waals surface area contributed by atoms with Gasteiger partial charge in [-0.2, -0.15) is 0 Å². The first-order chi connectivity index (χ1) is 4.83. The number of hydrogen-bond donors (Lipinski definition) is 0. The smallest absolute Gasteiger partial charge is 0.0786 e. The fourth-order valence-electron chi connectivity index (χ4n) is 2.04. The van der Waals surface area contributed by atoms with Crippen molar-refractivity contribution < 1.29 is 9.96 Å². The molecule has 0 aliphatic carbocycles. The molecule has 0 saturated carbocycles. The molecule has 1 aliphatic rings. The van der Waals surface area contributed by atoms with Crippen molar-refractivity contribution >= 4 is 0 Å². The van der Waals surface area contributed by atoms with Crippen molar-refractivity contribution in [2.75, 3.05) is 26.2 Å². The van der Waals surface area contributed by atoms with Crippen LogP contribution in [0, 0.1) is 0 Å². The van der Waals surface area contributed by atoms with Gasteiger partial charge in [0.2, 0.25) is 0 Å². The summed E-state index contributed by atoms with van der Waals surface area (Å²) >= 11 is 0. The Hall–Kier alpha value is -0.0800. The van der Waals surface area contributed by atoms with Crippen molar-refractivity contribution in [3.8, 4) is 0 Å². The van der Waals surface area contributed by atoms with Crippen LogP contribution < -0.4 is 0 Å². The minimum Gasteiger partial charge on any atom is -0.870 e. The first-order valence-corrected chi connectivity index (χ1v) is 4.68. The van der Waals surface area contributed by atoms with Crippen LogP contribution in [0.25, 0.3) is 0 Å². The van der Waals surface area contributed by atoms with E-state index in [1.165, 1.54) is 49.9 Å². The molecule has 1 rings (SSSR count). The third kappa shape index (κ3) is 2.46. The highest BCUT2D eigenvalue weighted by Crippen LogP contribution is 2.17. The van der Waals surface area contributed by atoms with Gasteiger partial charge in [0.15, 0.2) is 0 Å². The number of likely N-dealkylation sites (tertiary alicyclic amines) is 1. The van der Waals surface area contributed by atoms with Crippen LogP contribution in [-0.4, -0.2) is 36.1 Å². The fourth-order valence-corrected chi connectivity index (χ4v) is 2.04. The van der Waals surface area contributed by atoms with Crippen LogP contribution in [0.1, 0.15) is 33.1 Å². The quantitative estimate of drug-likeness (QED) is 0.565. The zero-order valence-electron chi connectivity index (χ0n) is 7.84. The molecule has 0 aromatic carbocycles. The van der Waals surface area contributed by atoms with Crippen molar-refractivity contribution in [1.29, 1.82) is 0 Å². The predicted octanol–water partition coefficient (Wildman–Crippen LogP) is 1.85. The number of hydrogen-bond acceptors (Lipinski definition) is 1. The highest BCUT2D eigenvalue weighted by Gasteiger charge is 2.24.